The molecular formula is C24H27NO7. The Labute approximate surface area is 186 Å². The van der Waals surface area contributed by atoms with Gasteiger partial charge in [-0.05, 0) is 44.5 Å². The monoisotopic (exact) mass is 441 g/mol. The van der Waals surface area contributed by atoms with E-state index in [0.717, 1.165) is 5.56 Å². The van der Waals surface area contributed by atoms with E-state index in [1.54, 1.807) is 39.0 Å². The first kappa shape index (κ1) is 23.4. The molecule has 32 heavy (non-hydrogen) atoms. The predicted octanol–water partition coefficient (Wildman–Crippen LogP) is 2.48. The molecule has 2 atom stereocenters. The number of aliphatic hydroxyl groups is 1. The summed E-state index contributed by atoms with van der Waals surface area (Å²) in [6.45, 7) is 5.43. The molecule has 1 heterocycles. The summed E-state index contributed by atoms with van der Waals surface area (Å²) in [6, 6.07) is 15.7. The second-order valence-corrected chi connectivity index (χ2v) is 8.37. The minimum absolute atomic E-state index is 0.110. The molecule has 170 valence electrons. The zero-order chi connectivity index (χ0) is 23.3. The van der Waals surface area contributed by atoms with Crippen LogP contribution in [-0.2, 0) is 30.4 Å². The molecule has 1 saturated heterocycles. The number of morpholine rings is 1. The van der Waals surface area contributed by atoms with Gasteiger partial charge in [-0.15, -0.1) is 0 Å². The van der Waals surface area contributed by atoms with Crippen molar-refractivity contribution in [2.45, 2.75) is 45.2 Å². The van der Waals surface area contributed by atoms with Gasteiger partial charge in [0, 0.05) is 12.2 Å². The molecule has 8 heteroatoms. The van der Waals surface area contributed by atoms with Gasteiger partial charge in [-0.3, -0.25) is 4.79 Å². The maximum absolute atomic E-state index is 12.9. The van der Waals surface area contributed by atoms with Crippen LogP contribution in [0.3, 0.4) is 0 Å². The second-order valence-electron chi connectivity index (χ2n) is 8.37. The quantitative estimate of drug-likeness (QED) is 0.687. The van der Waals surface area contributed by atoms with Crippen LogP contribution in [0.25, 0.3) is 0 Å². The summed E-state index contributed by atoms with van der Waals surface area (Å²) in [5.41, 5.74) is 0.763. The molecule has 0 spiro atoms. The van der Waals surface area contributed by atoms with Crippen molar-refractivity contribution < 1.29 is 33.7 Å². The Morgan fingerprint density at radius 2 is 1.88 bits per heavy atom. The number of benzene rings is 2. The number of anilines is 1. The van der Waals surface area contributed by atoms with Gasteiger partial charge in [0.25, 0.3) is 5.91 Å². The molecule has 1 N–H and O–H groups in total. The van der Waals surface area contributed by atoms with Crippen molar-refractivity contribution in [3.63, 3.8) is 0 Å². The number of esters is 2. The van der Waals surface area contributed by atoms with Gasteiger partial charge >= 0.3 is 11.9 Å². The third-order valence-corrected chi connectivity index (χ3v) is 4.66. The zero-order valence-corrected chi connectivity index (χ0v) is 18.3. The Morgan fingerprint density at radius 3 is 2.56 bits per heavy atom. The number of hydrogen-bond acceptors (Lipinski definition) is 7. The van der Waals surface area contributed by atoms with Crippen LogP contribution in [0.15, 0.2) is 54.6 Å². The molecule has 0 aliphatic carbocycles. The highest BCUT2D eigenvalue weighted by Gasteiger charge is 2.41. The fourth-order valence-corrected chi connectivity index (χ4v) is 3.18. The van der Waals surface area contributed by atoms with Gasteiger partial charge in [0.2, 0.25) is 0 Å². The lowest BCUT2D eigenvalue weighted by Crippen LogP contribution is -2.55. The Kier molecular flexibility index (Phi) is 7.27. The van der Waals surface area contributed by atoms with E-state index in [2.05, 4.69) is 0 Å². The molecule has 2 aromatic rings. The topological polar surface area (TPSA) is 102 Å². The normalized spacial score (nSPS) is 17.6. The summed E-state index contributed by atoms with van der Waals surface area (Å²) in [5, 5.41) is 10.3. The van der Waals surface area contributed by atoms with Gasteiger partial charge in [-0.1, -0.05) is 36.4 Å². The summed E-state index contributed by atoms with van der Waals surface area (Å²) in [5.74, 6) is -2.05. The summed E-state index contributed by atoms with van der Waals surface area (Å²) in [6.07, 6.45) is -3.16. The number of nitrogens with zero attached hydrogens (tertiary/aromatic N) is 1. The van der Waals surface area contributed by atoms with Crippen molar-refractivity contribution in [1.29, 1.82) is 0 Å². The lowest BCUT2D eigenvalue weighted by atomic mass is 10.1. The van der Waals surface area contributed by atoms with E-state index in [1.165, 1.54) is 11.0 Å². The second kappa shape index (κ2) is 9.93. The Balaban J connectivity index is 1.70. The van der Waals surface area contributed by atoms with E-state index in [9.17, 15) is 19.5 Å². The van der Waals surface area contributed by atoms with Crippen LogP contribution < -0.4 is 4.90 Å². The van der Waals surface area contributed by atoms with E-state index >= 15 is 0 Å². The van der Waals surface area contributed by atoms with Crippen molar-refractivity contribution in [2.75, 3.05) is 18.1 Å². The highest BCUT2D eigenvalue weighted by Crippen LogP contribution is 2.23. The molecule has 3 rings (SSSR count). The smallest absolute Gasteiger partial charge is 0.338 e. The first-order valence-corrected chi connectivity index (χ1v) is 10.3. The highest BCUT2D eigenvalue weighted by molar-refractivity contribution is 6.01. The third-order valence-electron chi connectivity index (χ3n) is 4.66. The standard InChI is InChI=1S/C24H27NO7/c1-24(2,3)32-23(29)19(26)20-21(27)25(12-13-30-20)18-11-7-10-17(14-18)22(28)31-15-16-8-5-4-6-9-16/h4-11,14,19-20,26H,12-13,15H2,1-3H3. The molecular weight excluding hydrogens is 414 g/mol. The summed E-state index contributed by atoms with van der Waals surface area (Å²) >= 11 is 0. The van der Waals surface area contributed by atoms with Gasteiger partial charge < -0.3 is 24.2 Å². The predicted molar refractivity (Wildman–Crippen MR) is 116 cm³/mol. The van der Waals surface area contributed by atoms with Gasteiger partial charge in [-0.2, -0.15) is 0 Å². The minimum Gasteiger partial charge on any atom is -0.458 e. The fraction of sp³-hybridized carbons (Fsp3) is 0.375. The van der Waals surface area contributed by atoms with Gasteiger partial charge in [0.1, 0.15) is 12.2 Å². The number of amides is 1. The van der Waals surface area contributed by atoms with Crippen molar-refractivity contribution >= 4 is 23.5 Å². The molecule has 1 amide bonds. The molecule has 1 aliphatic rings. The van der Waals surface area contributed by atoms with Gasteiger partial charge in [-0.25, -0.2) is 9.59 Å². The molecule has 2 aromatic carbocycles. The van der Waals surface area contributed by atoms with Crippen LogP contribution >= 0.6 is 0 Å². The largest absolute Gasteiger partial charge is 0.458 e. The van der Waals surface area contributed by atoms with Crippen LogP contribution in [0.5, 0.6) is 0 Å². The number of hydrogen-bond donors (Lipinski definition) is 1. The molecule has 1 fully saturated rings. The average Bonchev–Trinajstić information content (AvgIpc) is 2.77. The number of ether oxygens (including phenoxy) is 3. The lowest BCUT2D eigenvalue weighted by molar-refractivity contribution is -0.177. The number of rotatable bonds is 6. The molecule has 1 aliphatic heterocycles. The minimum atomic E-state index is -1.76. The Hall–Kier alpha value is -3.23. The van der Waals surface area contributed by atoms with E-state index in [-0.39, 0.29) is 25.3 Å². The maximum atomic E-state index is 12.9. The van der Waals surface area contributed by atoms with Gasteiger partial charge in [0.15, 0.2) is 12.2 Å². The van der Waals surface area contributed by atoms with Crippen LogP contribution in [0.2, 0.25) is 0 Å². The molecule has 8 nitrogen and oxygen atoms in total. The Bertz CT molecular complexity index is 968. The highest BCUT2D eigenvalue weighted by atomic mass is 16.6. The molecule has 0 bridgehead atoms. The van der Waals surface area contributed by atoms with E-state index < -0.39 is 35.7 Å². The number of aliphatic hydroxyl groups excluding tert-OH is 1. The van der Waals surface area contributed by atoms with E-state index in [1.807, 2.05) is 30.3 Å². The summed E-state index contributed by atoms with van der Waals surface area (Å²) in [4.78, 5) is 39.0. The molecule has 2 unspecified atom stereocenters. The first-order chi connectivity index (χ1) is 15.2. The SMILES string of the molecule is CC(C)(C)OC(=O)C(O)C1OCCN(c2cccc(C(=O)OCc3ccccc3)c2)C1=O. The van der Waals surface area contributed by atoms with Crippen LogP contribution in [0.4, 0.5) is 5.69 Å². The molecule has 0 aromatic heterocycles. The van der Waals surface area contributed by atoms with Crippen LogP contribution in [0.1, 0.15) is 36.7 Å². The lowest BCUT2D eigenvalue weighted by Gasteiger charge is -2.34. The van der Waals surface area contributed by atoms with Crippen LogP contribution in [0, 0.1) is 0 Å². The summed E-state index contributed by atoms with van der Waals surface area (Å²) in [7, 11) is 0. The Morgan fingerprint density at radius 1 is 1.16 bits per heavy atom. The third kappa shape index (κ3) is 5.93. The van der Waals surface area contributed by atoms with Crippen LogP contribution in [-0.4, -0.2) is 53.9 Å². The average molecular weight is 441 g/mol. The van der Waals surface area contributed by atoms with Crippen molar-refractivity contribution in [1.82, 2.24) is 0 Å². The van der Waals surface area contributed by atoms with Gasteiger partial charge in [0.05, 0.1) is 12.2 Å². The molecule has 0 saturated carbocycles. The maximum Gasteiger partial charge on any atom is 0.338 e. The number of carbonyl (C=O) groups excluding carboxylic acids is 3. The van der Waals surface area contributed by atoms with E-state index in [0.29, 0.717) is 5.69 Å². The first-order valence-electron chi connectivity index (χ1n) is 10.3. The molecule has 0 radical (unpaired) electrons. The summed E-state index contributed by atoms with van der Waals surface area (Å²) < 4.78 is 15.9. The van der Waals surface area contributed by atoms with Crippen molar-refractivity contribution in [3.05, 3.63) is 65.7 Å². The van der Waals surface area contributed by atoms with E-state index in [4.69, 9.17) is 14.2 Å². The fourth-order valence-electron chi connectivity index (χ4n) is 3.18. The zero-order valence-electron chi connectivity index (χ0n) is 18.3. The number of carbonyl (C=O) groups is 3. The van der Waals surface area contributed by atoms with Crippen molar-refractivity contribution in [2.24, 2.45) is 0 Å². The van der Waals surface area contributed by atoms with Crippen molar-refractivity contribution in [3.8, 4) is 0 Å².